The quantitative estimate of drug-likeness (QED) is 0.897. The lowest BCUT2D eigenvalue weighted by Crippen LogP contribution is -2.41. The Labute approximate surface area is 136 Å². The van der Waals surface area contributed by atoms with Gasteiger partial charge in [0.15, 0.2) is 0 Å². The minimum atomic E-state index is 0.122. The Balaban J connectivity index is 1.43. The van der Waals surface area contributed by atoms with Crippen LogP contribution in [0.4, 0.5) is 0 Å². The Morgan fingerprint density at radius 3 is 3.05 bits per heavy atom. The Morgan fingerprint density at radius 2 is 2.18 bits per heavy atom. The molecule has 120 valence electrons. The average molecular weight is 320 g/mol. The lowest BCUT2D eigenvalue weighted by atomic mass is 10.0. The van der Waals surface area contributed by atoms with Crippen molar-refractivity contribution in [2.45, 2.75) is 24.2 Å². The molecule has 0 aliphatic carbocycles. The summed E-state index contributed by atoms with van der Waals surface area (Å²) >= 11 is 1.93. The first-order valence-electron chi connectivity index (χ1n) is 8.13. The second-order valence-electron chi connectivity index (χ2n) is 5.87. The molecule has 0 saturated carbocycles. The summed E-state index contributed by atoms with van der Waals surface area (Å²) in [6, 6.07) is 6.48. The topological polar surface area (TPSA) is 41.6 Å². The van der Waals surface area contributed by atoms with Gasteiger partial charge in [0.2, 0.25) is 5.91 Å². The predicted octanol–water partition coefficient (Wildman–Crippen LogP) is 1.72. The summed E-state index contributed by atoms with van der Waals surface area (Å²) in [6.45, 7) is 5.19. The van der Waals surface area contributed by atoms with Crippen molar-refractivity contribution in [1.29, 1.82) is 0 Å². The van der Waals surface area contributed by atoms with Gasteiger partial charge in [-0.2, -0.15) is 0 Å². The van der Waals surface area contributed by atoms with Crippen molar-refractivity contribution in [2.24, 2.45) is 0 Å². The molecule has 0 spiro atoms. The maximum Gasteiger partial charge on any atom is 0.224 e. The molecule has 4 nitrogen and oxygen atoms in total. The van der Waals surface area contributed by atoms with E-state index in [4.69, 9.17) is 4.74 Å². The molecule has 1 amide bonds. The first-order chi connectivity index (χ1) is 10.8. The summed E-state index contributed by atoms with van der Waals surface area (Å²) in [5.41, 5.74) is 2.54. The number of morpholine rings is 1. The molecule has 2 aliphatic rings. The van der Waals surface area contributed by atoms with E-state index in [0.29, 0.717) is 6.42 Å². The van der Waals surface area contributed by atoms with Gasteiger partial charge in [-0.3, -0.25) is 9.69 Å². The summed E-state index contributed by atoms with van der Waals surface area (Å²) in [7, 11) is 0. The Bertz CT molecular complexity index is 515. The molecule has 0 unspecified atom stereocenters. The molecule has 1 fully saturated rings. The molecule has 2 aliphatic heterocycles. The number of carbonyl (C=O) groups is 1. The summed E-state index contributed by atoms with van der Waals surface area (Å²) in [5.74, 6) is 1.34. The summed E-state index contributed by atoms with van der Waals surface area (Å²) in [6.07, 6.45) is 2.88. The third-order valence-electron chi connectivity index (χ3n) is 4.19. The number of hydrogen-bond donors (Lipinski definition) is 1. The van der Waals surface area contributed by atoms with Crippen molar-refractivity contribution in [3.63, 3.8) is 0 Å². The van der Waals surface area contributed by atoms with Crippen LogP contribution in [-0.2, 0) is 22.4 Å². The molecule has 1 saturated heterocycles. The van der Waals surface area contributed by atoms with Crippen molar-refractivity contribution in [3.05, 3.63) is 29.3 Å². The van der Waals surface area contributed by atoms with Crippen molar-refractivity contribution in [2.75, 3.05) is 45.1 Å². The summed E-state index contributed by atoms with van der Waals surface area (Å²) < 4.78 is 5.32. The number of nitrogens with one attached hydrogen (secondary N) is 1. The van der Waals surface area contributed by atoms with Crippen LogP contribution in [0.3, 0.4) is 0 Å². The van der Waals surface area contributed by atoms with Gasteiger partial charge in [-0.05, 0) is 35.8 Å². The molecule has 1 N–H and O–H groups in total. The maximum atomic E-state index is 12.1. The number of amides is 1. The minimum Gasteiger partial charge on any atom is -0.379 e. The standard InChI is InChI=1S/C17H24N2O2S/c20-17(18-5-6-19-7-9-21-10-8-19)13-14-3-4-16-15(12-14)2-1-11-22-16/h3-4,12H,1-2,5-11,13H2,(H,18,20). The molecule has 3 rings (SSSR count). The number of carbonyl (C=O) groups excluding carboxylic acids is 1. The summed E-state index contributed by atoms with van der Waals surface area (Å²) in [5, 5.41) is 3.03. The van der Waals surface area contributed by atoms with Crippen molar-refractivity contribution < 1.29 is 9.53 Å². The fraction of sp³-hybridized carbons (Fsp3) is 0.588. The normalized spacial score (nSPS) is 18.7. The fourth-order valence-corrected chi connectivity index (χ4v) is 3.97. The molecular formula is C17H24N2O2S. The highest BCUT2D eigenvalue weighted by atomic mass is 32.2. The molecule has 22 heavy (non-hydrogen) atoms. The summed E-state index contributed by atoms with van der Waals surface area (Å²) in [4.78, 5) is 15.8. The Kier molecular flexibility index (Phi) is 5.76. The molecule has 0 atom stereocenters. The zero-order chi connectivity index (χ0) is 15.2. The number of nitrogens with zero attached hydrogens (tertiary/aromatic N) is 1. The van der Waals surface area contributed by atoms with E-state index in [1.54, 1.807) is 0 Å². The minimum absolute atomic E-state index is 0.122. The number of benzene rings is 1. The third-order valence-corrected chi connectivity index (χ3v) is 5.39. The second kappa shape index (κ2) is 7.99. The van der Waals surface area contributed by atoms with Crippen LogP contribution in [0.15, 0.2) is 23.1 Å². The smallest absolute Gasteiger partial charge is 0.224 e. The largest absolute Gasteiger partial charge is 0.379 e. The number of aryl methyl sites for hydroxylation is 1. The van der Waals surface area contributed by atoms with Gasteiger partial charge in [0.1, 0.15) is 0 Å². The lowest BCUT2D eigenvalue weighted by molar-refractivity contribution is -0.120. The predicted molar refractivity (Wildman–Crippen MR) is 89.5 cm³/mol. The van der Waals surface area contributed by atoms with Crippen LogP contribution in [0.2, 0.25) is 0 Å². The monoisotopic (exact) mass is 320 g/mol. The molecule has 0 aromatic heterocycles. The van der Waals surface area contributed by atoms with E-state index in [1.165, 1.54) is 22.6 Å². The first kappa shape index (κ1) is 15.8. The van der Waals surface area contributed by atoms with Gasteiger partial charge in [-0.1, -0.05) is 12.1 Å². The highest BCUT2D eigenvalue weighted by Crippen LogP contribution is 2.30. The van der Waals surface area contributed by atoms with Crippen molar-refractivity contribution in [1.82, 2.24) is 10.2 Å². The Hall–Kier alpha value is -1.04. The van der Waals surface area contributed by atoms with Gasteiger partial charge in [0.05, 0.1) is 19.6 Å². The van der Waals surface area contributed by atoms with Gasteiger partial charge in [-0.25, -0.2) is 0 Å². The van der Waals surface area contributed by atoms with Gasteiger partial charge >= 0.3 is 0 Å². The third kappa shape index (κ3) is 4.48. The van der Waals surface area contributed by atoms with Crippen LogP contribution >= 0.6 is 11.8 Å². The van der Waals surface area contributed by atoms with Crippen LogP contribution in [0, 0.1) is 0 Å². The van der Waals surface area contributed by atoms with Gasteiger partial charge in [0, 0.05) is 31.1 Å². The lowest BCUT2D eigenvalue weighted by Gasteiger charge is -2.26. The maximum absolute atomic E-state index is 12.1. The van der Waals surface area contributed by atoms with E-state index >= 15 is 0 Å². The van der Waals surface area contributed by atoms with Crippen LogP contribution in [0.5, 0.6) is 0 Å². The van der Waals surface area contributed by atoms with E-state index in [1.807, 2.05) is 11.8 Å². The van der Waals surface area contributed by atoms with Crippen molar-refractivity contribution >= 4 is 17.7 Å². The van der Waals surface area contributed by atoms with E-state index in [-0.39, 0.29) is 5.91 Å². The number of rotatable bonds is 5. The highest BCUT2D eigenvalue weighted by molar-refractivity contribution is 7.99. The van der Waals surface area contributed by atoms with Gasteiger partial charge in [0.25, 0.3) is 0 Å². The SMILES string of the molecule is O=C(Cc1ccc2c(c1)CCCS2)NCCN1CCOCC1. The molecule has 1 aromatic rings. The molecule has 0 bridgehead atoms. The molecule has 2 heterocycles. The van der Waals surface area contributed by atoms with Gasteiger partial charge in [-0.15, -0.1) is 11.8 Å². The van der Waals surface area contributed by atoms with E-state index < -0.39 is 0 Å². The van der Waals surface area contributed by atoms with Crippen LogP contribution < -0.4 is 5.32 Å². The van der Waals surface area contributed by atoms with Crippen LogP contribution in [0.25, 0.3) is 0 Å². The molecular weight excluding hydrogens is 296 g/mol. The molecule has 5 heteroatoms. The average Bonchev–Trinajstić information content (AvgIpc) is 2.56. The molecule has 0 radical (unpaired) electrons. The van der Waals surface area contributed by atoms with Crippen LogP contribution in [-0.4, -0.2) is 56.0 Å². The first-order valence-corrected chi connectivity index (χ1v) is 9.11. The van der Waals surface area contributed by atoms with E-state index in [2.05, 4.69) is 28.4 Å². The number of ether oxygens (including phenoxy) is 1. The Morgan fingerprint density at radius 1 is 1.32 bits per heavy atom. The second-order valence-corrected chi connectivity index (χ2v) is 7.01. The zero-order valence-corrected chi connectivity index (χ0v) is 13.8. The number of thioether (sulfide) groups is 1. The highest BCUT2D eigenvalue weighted by Gasteiger charge is 2.12. The van der Waals surface area contributed by atoms with E-state index in [0.717, 1.165) is 51.4 Å². The van der Waals surface area contributed by atoms with Gasteiger partial charge < -0.3 is 10.1 Å². The number of fused-ring (bicyclic) bond motifs is 1. The van der Waals surface area contributed by atoms with Crippen molar-refractivity contribution in [3.8, 4) is 0 Å². The zero-order valence-electron chi connectivity index (χ0n) is 13.0. The number of hydrogen-bond acceptors (Lipinski definition) is 4. The van der Waals surface area contributed by atoms with Crippen LogP contribution in [0.1, 0.15) is 17.5 Å². The molecule has 1 aromatic carbocycles. The van der Waals surface area contributed by atoms with E-state index in [9.17, 15) is 4.79 Å². The fourth-order valence-electron chi connectivity index (χ4n) is 2.95.